The van der Waals surface area contributed by atoms with Crippen molar-refractivity contribution in [3.8, 4) is 11.1 Å². The maximum atomic E-state index is 11.7. The zero-order valence-electron chi connectivity index (χ0n) is 47.3. The molecule has 1 N–H and O–H groups in total. The van der Waals surface area contributed by atoms with Crippen molar-refractivity contribution >= 4 is 143 Å². The zero-order valence-corrected chi connectivity index (χ0v) is 52.7. The van der Waals surface area contributed by atoms with Gasteiger partial charge in [0.25, 0.3) is 11.1 Å². The van der Waals surface area contributed by atoms with Crippen LogP contribution in [0.25, 0.3) is 51.5 Å². The van der Waals surface area contributed by atoms with Crippen molar-refractivity contribution in [2.75, 3.05) is 13.4 Å². The fraction of sp³-hybridized carbons (Fsp3) is 0.368. The molecule has 2 unspecified atom stereocenters. The molecule has 3 fully saturated rings. The summed E-state index contributed by atoms with van der Waals surface area (Å²) in [6.07, 6.45) is 1.70. The van der Waals surface area contributed by atoms with E-state index in [1.165, 1.54) is 40.3 Å². The van der Waals surface area contributed by atoms with E-state index < -0.39 is 48.6 Å². The van der Waals surface area contributed by atoms with Crippen molar-refractivity contribution in [1.29, 1.82) is 0 Å². The van der Waals surface area contributed by atoms with Gasteiger partial charge in [0.05, 0.1) is 52.9 Å². The Balaban J connectivity index is 0.000000164. The SMILES string of the molecule is Brc1ccc2c(c1)sc1ccccc12.CC1(C)OB(B2OC(C)(C)C(C)(C)O2)OC1(C)C.CC1(C)OB(c2ccc3c(c2)sc2ccccc23)OC1(C)C.CS(=O)c1cc(Br)ccc1-c1ccccc1.O=S(O)C(F)(F)F.[2H]CF. The largest absolute Gasteiger partial charge is 0.496 e. The third kappa shape index (κ3) is 15.3. The molecule has 2 aromatic heterocycles. The summed E-state index contributed by atoms with van der Waals surface area (Å²) in [5, 5.41) is 5.35. The van der Waals surface area contributed by atoms with E-state index in [1.807, 2.05) is 127 Å². The number of thiophene rings is 2. The minimum Gasteiger partial charge on any atom is -0.405 e. The van der Waals surface area contributed by atoms with Gasteiger partial charge in [-0.15, -0.1) is 22.7 Å². The van der Waals surface area contributed by atoms with Gasteiger partial charge in [0.2, 0.25) is 0 Å². The molecular formula is C57H65B3Br2F4O9S4. The van der Waals surface area contributed by atoms with Gasteiger partial charge in [-0.2, -0.15) is 13.2 Å². The molecule has 0 radical (unpaired) electrons. The second-order valence-corrected chi connectivity index (χ2v) is 27.9. The van der Waals surface area contributed by atoms with Crippen LogP contribution in [0.5, 0.6) is 0 Å². The predicted molar refractivity (Wildman–Crippen MR) is 330 cm³/mol. The molecule has 79 heavy (non-hydrogen) atoms. The van der Waals surface area contributed by atoms with Crippen LogP contribution in [-0.4, -0.2) is 86.6 Å². The van der Waals surface area contributed by atoms with E-state index in [0.29, 0.717) is 0 Å². The van der Waals surface area contributed by atoms with Crippen LogP contribution in [-0.2, 0) is 49.8 Å². The van der Waals surface area contributed by atoms with Crippen molar-refractivity contribution in [2.24, 2.45) is 0 Å². The summed E-state index contributed by atoms with van der Waals surface area (Å²) in [7, 11) is -3.23. The highest BCUT2D eigenvalue weighted by atomic mass is 79.9. The number of benzene rings is 6. The molecule has 0 aliphatic carbocycles. The molecule has 0 amide bonds. The van der Waals surface area contributed by atoms with Crippen LogP contribution in [0.15, 0.2) is 147 Å². The van der Waals surface area contributed by atoms with Crippen LogP contribution < -0.4 is 5.46 Å². The average Bonchev–Trinajstić information content (AvgIpc) is 4.11. The van der Waals surface area contributed by atoms with Crippen LogP contribution in [0, 0.1) is 0 Å². The fourth-order valence-corrected chi connectivity index (χ4v) is 12.3. The molecule has 3 aliphatic heterocycles. The first kappa shape index (κ1) is 63.2. The molecule has 3 aliphatic rings. The molecule has 0 bridgehead atoms. The van der Waals surface area contributed by atoms with Crippen molar-refractivity contribution in [2.45, 2.75) is 127 Å². The number of fused-ring (bicyclic) bond motifs is 6. The number of hydrogen-bond donors (Lipinski definition) is 1. The molecule has 11 rings (SSSR count). The topological polar surface area (TPSA) is 110 Å². The molecule has 8 aromatic rings. The van der Waals surface area contributed by atoms with Gasteiger partial charge < -0.3 is 27.9 Å². The van der Waals surface area contributed by atoms with Crippen LogP contribution in [0.1, 0.15) is 84.5 Å². The highest BCUT2D eigenvalue weighted by molar-refractivity contribution is 9.10. The number of hydrogen-bond acceptors (Lipinski definition) is 10. The first-order valence-electron chi connectivity index (χ1n) is 25.6. The standard InChI is InChI=1S/C18H19BO2S.C13H11BrOS.C12H24B2O4.C12H7BrS.CHF3O2S.CH3F/c1-17(2)18(3,4)21-19(20-17)12-9-10-14-13-7-5-6-8-15(13)22-16(14)11-12;1-16(15)13-9-11(14)7-8-12(13)10-5-3-2-4-6-10;1-9(2)10(3,4)16-13(15-9)14-17-11(5,6)12(7,8)18-14;13-8-5-6-10-9-3-1-2-4-11(9)14-12(10)7-8;2-1(3,4)7(5)6;1-2/h5-11H,1-4H3;2-9H,1H3;1-8H3;1-7H;(H,5,6);1H3/i;;;;;1D. The summed E-state index contributed by atoms with van der Waals surface area (Å²) in [6, 6.07) is 46.0. The van der Waals surface area contributed by atoms with Crippen molar-refractivity contribution in [1.82, 2.24) is 0 Å². The summed E-state index contributed by atoms with van der Waals surface area (Å²) in [5.41, 5.74) is -3.78. The number of halogens is 6. The monoisotopic (exact) mass is 1290 g/mol. The van der Waals surface area contributed by atoms with Gasteiger partial charge >= 0.3 is 26.6 Å². The summed E-state index contributed by atoms with van der Waals surface area (Å²) in [6.45, 7) is 24.6. The summed E-state index contributed by atoms with van der Waals surface area (Å²) >= 11 is 6.89. The number of rotatable bonds is 4. The molecule has 3 saturated heterocycles. The zero-order chi connectivity index (χ0) is 59.4. The van der Waals surface area contributed by atoms with E-state index in [9.17, 15) is 21.8 Å². The molecule has 22 heteroatoms. The lowest BCUT2D eigenvalue weighted by Crippen LogP contribution is -2.41. The normalized spacial score (nSPS) is 19.1. The Morgan fingerprint density at radius 3 is 1.30 bits per heavy atom. The molecule has 0 saturated carbocycles. The summed E-state index contributed by atoms with van der Waals surface area (Å²) in [5.74, 6) is 0. The van der Waals surface area contributed by atoms with E-state index in [1.54, 1.807) is 6.26 Å². The first-order valence-corrected chi connectivity index (χ1v) is 30.8. The van der Waals surface area contributed by atoms with Crippen molar-refractivity contribution < 1.29 is 59.8 Å². The van der Waals surface area contributed by atoms with Crippen LogP contribution >= 0.6 is 54.5 Å². The van der Waals surface area contributed by atoms with Crippen LogP contribution in [0.4, 0.5) is 17.6 Å². The maximum absolute atomic E-state index is 11.7. The van der Waals surface area contributed by atoms with Gasteiger partial charge in [0.1, 0.15) is 0 Å². The lowest BCUT2D eigenvalue weighted by molar-refractivity contribution is -0.0446. The lowest BCUT2D eigenvalue weighted by Gasteiger charge is -2.32. The van der Waals surface area contributed by atoms with Crippen molar-refractivity contribution in [3.05, 3.63) is 142 Å². The minimum absolute atomic E-state index is 0.292. The van der Waals surface area contributed by atoms with E-state index in [-0.39, 0.29) is 40.7 Å². The van der Waals surface area contributed by atoms with E-state index >= 15 is 0 Å². The van der Waals surface area contributed by atoms with Gasteiger partial charge in [-0.1, -0.05) is 123 Å². The highest BCUT2D eigenvalue weighted by Gasteiger charge is 2.63. The maximum Gasteiger partial charge on any atom is 0.496 e. The first-order chi connectivity index (χ1) is 37.1. The lowest BCUT2D eigenvalue weighted by atomic mass is 9.49. The third-order valence-electron chi connectivity index (χ3n) is 14.6. The summed E-state index contributed by atoms with van der Waals surface area (Å²) < 4.78 is 119. The molecule has 5 heterocycles. The Morgan fingerprint density at radius 2 is 0.873 bits per heavy atom. The van der Waals surface area contributed by atoms with Gasteiger partial charge in [-0.25, -0.2) is 4.21 Å². The van der Waals surface area contributed by atoms with Gasteiger partial charge in [0.15, 0.2) is 0 Å². The van der Waals surface area contributed by atoms with Crippen LogP contribution in [0.2, 0.25) is 0 Å². The quantitative estimate of drug-likeness (QED) is 0.105. The second-order valence-electron chi connectivity index (χ2n) is 21.6. The Kier molecular flexibility index (Phi) is 20.5. The van der Waals surface area contributed by atoms with E-state index in [2.05, 4.69) is 144 Å². The highest BCUT2D eigenvalue weighted by Crippen LogP contribution is 2.44. The molecule has 9 nitrogen and oxygen atoms in total. The Labute approximate surface area is 493 Å². The van der Waals surface area contributed by atoms with E-state index in [4.69, 9.17) is 38.1 Å². The Bertz CT molecular complexity index is 3370. The smallest absolute Gasteiger partial charge is 0.405 e. The average molecular weight is 1290 g/mol. The van der Waals surface area contributed by atoms with Crippen molar-refractivity contribution in [3.63, 3.8) is 0 Å². The molecule has 6 aromatic carbocycles. The Morgan fingerprint density at radius 1 is 0.519 bits per heavy atom. The van der Waals surface area contributed by atoms with Gasteiger partial charge in [-0.05, 0) is 142 Å². The molecule has 422 valence electrons. The summed E-state index contributed by atoms with van der Waals surface area (Å²) in [4.78, 5) is 0.862. The van der Waals surface area contributed by atoms with Gasteiger partial charge in [-0.3, -0.25) is 13.2 Å². The fourth-order valence-electron chi connectivity index (χ4n) is 8.16. The number of alkyl halides is 4. The predicted octanol–water partition coefficient (Wildman–Crippen LogP) is 16.6. The third-order valence-corrected chi connectivity index (χ3v) is 19.2. The minimum atomic E-state index is -4.97. The van der Waals surface area contributed by atoms with E-state index in [0.717, 1.165) is 30.4 Å². The Hall–Kier alpha value is -3.35. The molecule has 0 spiro atoms. The van der Waals surface area contributed by atoms with Gasteiger partial charge in [0, 0.05) is 60.4 Å². The van der Waals surface area contributed by atoms with Crippen LogP contribution in [0.3, 0.4) is 0 Å². The molecular weight excluding hydrogens is 1230 g/mol. The molecule has 2 atom stereocenters. The second kappa shape index (κ2) is 25.7.